The van der Waals surface area contributed by atoms with Crippen LogP contribution in [0, 0.1) is 11.7 Å². The van der Waals surface area contributed by atoms with E-state index in [0.29, 0.717) is 29.1 Å². The zero-order valence-electron chi connectivity index (χ0n) is 11.1. The Morgan fingerprint density at radius 1 is 1.32 bits per heavy atom. The van der Waals surface area contributed by atoms with Crippen molar-refractivity contribution in [2.45, 2.75) is 26.3 Å². The number of anilines is 1. The summed E-state index contributed by atoms with van der Waals surface area (Å²) < 4.78 is 13.3. The quantitative estimate of drug-likeness (QED) is 0.870. The van der Waals surface area contributed by atoms with E-state index in [2.05, 4.69) is 29.1 Å². The van der Waals surface area contributed by atoms with E-state index in [1.54, 1.807) is 6.07 Å². The molecule has 19 heavy (non-hydrogen) atoms. The molecular formula is C14H18FN3O. The fourth-order valence-corrected chi connectivity index (χ4v) is 2.03. The molecule has 0 aliphatic carbocycles. The molecule has 2 rings (SSSR count). The van der Waals surface area contributed by atoms with Crippen LogP contribution < -0.4 is 5.32 Å². The number of hydrogen-bond acceptors (Lipinski definition) is 4. The van der Waals surface area contributed by atoms with Crippen molar-refractivity contribution in [3.8, 4) is 0 Å². The summed E-state index contributed by atoms with van der Waals surface area (Å²) in [5.41, 5.74) is 0.699. The second-order valence-electron chi connectivity index (χ2n) is 4.89. The van der Waals surface area contributed by atoms with Gasteiger partial charge in [-0.3, -0.25) is 0 Å². The number of aliphatic hydroxyl groups excluding tert-OH is 1. The Hall–Kier alpha value is -1.75. The number of benzene rings is 1. The van der Waals surface area contributed by atoms with E-state index in [-0.39, 0.29) is 18.5 Å². The SMILES string of the molecule is CC(C)[C@@H](CCO)Nc1ncnc2ccc(F)cc12. The molecule has 0 saturated heterocycles. The molecule has 0 saturated carbocycles. The van der Waals surface area contributed by atoms with Gasteiger partial charge in [0.05, 0.1) is 5.52 Å². The first-order chi connectivity index (χ1) is 9.11. The minimum atomic E-state index is -0.311. The van der Waals surface area contributed by atoms with Crippen molar-refractivity contribution in [1.82, 2.24) is 9.97 Å². The molecule has 1 atom stereocenters. The topological polar surface area (TPSA) is 58.0 Å². The van der Waals surface area contributed by atoms with E-state index in [4.69, 9.17) is 5.11 Å². The van der Waals surface area contributed by atoms with Crippen molar-refractivity contribution in [2.24, 2.45) is 5.92 Å². The zero-order chi connectivity index (χ0) is 13.8. The van der Waals surface area contributed by atoms with Crippen LogP contribution in [0.2, 0.25) is 0 Å². The van der Waals surface area contributed by atoms with Gasteiger partial charge in [-0.05, 0) is 30.5 Å². The number of aromatic nitrogens is 2. The van der Waals surface area contributed by atoms with E-state index < -0.39 is 0 Å². The summed E-state index contributed by atoms with van der Waals surface area (Å²) in [6, 6.07) is 4.53. The summed E-state index contributed by atoms with van der Waals surface area (Å²) in [6.07, 6.45) is 2.08. The Balaban J connectivity index is 2.36. The van der Waals surface area contributed by atoms with Gasteiger partial charge in [0.1, 0.15) is 18.0 Å². The van der Waals surface area contributed by atoms with Crippen molar-refractivity contribution in [3.63, 3.8) is 0 Å². The average Bonchev–Trinajstić information content (AvgIpc) is 2.38. The summed E-state index contributed by atoms with van der Waals surface area (Å²) in [5, 5.41) is 13.0. The van der Waals surface area contributed by atoms with Crippen LogP contribution in [-0.2, 0) is 0 Å². The van der Waals surface area contributed by atoms with Crippen LogP contribution in [0.4, 0.5) is 10.2 Å². The van der Waals surface area contributed by atoms with E-state index in [1.807, 2.05) is 0 Å². The zero-order valence-corrected chi connectivity index (χ0v) is 11.1. The molecule has 102 valence electrons. The molecule has 0 bridgehead atoms. The van der Waals surface area contributed by atoms with Crippen molar-refractivity contribution in [2.75, 3.05) is 11.9 Å². The van der Waals surface area contributed by atoms with Crippen LogP contribution in [0.5, 0.6) is 0 Å². The Labute approximate surface area is 111 Å². The normalized spacial score (nSPS) is 12.9. The maximum Gasteiger partial charge on any atom is 0.137 e. The molecular weight excluding hydrogens is 245 g/mol. The van der Waals surface area contributed by atoms with Gasteiger partial charge in [-0.25, -0.2) is 14.4 Å². The molecule has 0 spiro atoms. The maximum atomic E-state index is 13.3. The van der Waals surface area contributed by atoms with Gasteiger partial charge in [-0.15, -0.1) is 0 Å². The number of aliphatic hydroxyl groups is 1. The molecule has 0 fully saturated rings. The lowest BCUT2D eigenvalue weighted by Gasteiger charge is -2.22. The predicted molar refractivity (Wildman–Crippen MR) is 73.4 cm³/mol. The number of nitrogens with one attached hydrogen (secondary N) is 1. The number of rotatable bonds is 5. The van der Waals surface area contributed by atoms with Crippen LogP contribution >= 0.6 is 0 Å². The molecule has 1 aromatic heterocycles. The third kappa shape index (κ3) is 3.17. The first kappa shape index (κ1) is 13.7. The smallest absolute Gasteiger partial charge is 0.137 e. The lowest BCUT2D eigenvalue weighted by molar-refractivity contribution is 0.267. The van der Waals surface area contributed by atoms with Crippen molar-refractivity contribution in [1.29, 1.82) is 0 Å². The fourth-order valence-electron chi connectivity index (χ4n) is 2.03. The standard InChI is InChI=1S/C14H18FN3O/c1-9(2)12(5-6-19)18-14-11-7-10(15)3-4-13(11)16-8-17-14/h3-4,7-9,12,19H,5-6H2,1-2H3,(H,16,17,18)/t12-/m1/s1. The first-order valence-corrected chi connectivity index (χ1v) is 6.39. The molecule has 2 aromatic rings. The van der Waals surface area contributed by atoms with Gasteiger partial charge in [-0.2, -0.15) is 0 Å². The molecule has 1 heterocycles. The van der Waals surface area contributed by atoms with E-state index >= 15 is 0 Å². The highest BCUT2D eigenvalue weighted by atomic mass is 19.1. The summed E-state index contributed by atoms with van der Waals surface area (Å²) in [5.74, 6) is 0.635. The van der Waals surface area contributed by atoms with Crippen LogP contribution in [-0.4, -0.2) is 27.7 Å². The molecule has 0 radical (unpaired) electrons. The number of nitrogens with zero attached hydrogens (tertiary/aromatic N) is 2. The molecule has 0 aliphatic rings. The van der Waals surface area contributed by atoms with Gasteiger partial charge in [0.25, 0.3) is 0 Å². The molecule has 4 nitrogen and oxygen atoms in total. The number of hydrogen-bond donors (Lipinski definition) is 2. The molecule has 5 heteroatoms. The molecule has 1 aromatic carbocycles. The Kier molecular flexibility index (Phi) is 4.27. The molecule has 2 N–H and O–H groups in total. The molecule has 0 amide bonds. The maximum absolute atomic E-state index is 13.3. The van der Waals surface area contributed by atoms with Crippen molar-refractivity contribution < 1.29 is 9.50 Å². The van der Waals surface area contributed by atoms with Gasteiger partial charge >= 0.3 is 0 Å². The average molecular weight is 263 g/mol. The van der Waals surface area contributed by atoms with Gasteiger partial charge in [0.2, 0.25) is 0 Å². The van der Waals surface area contributed by atoms with Gasteiger partial charge in [0, 0.05) is 18.0 Å². The highest BCUT2D eigenvalue weighted by molar-refractivity contribution is 5.88. The number of fused-ring (bicyclic) bond motifs is 1. The van der Waals surface area contributed by atoms with Crippen LogP contribution in [0.15, 0.2) is 24.5 Å². The largest absolute Gasteiger partial charge is 0.396 e. The van der Waals surface area contributed by atoms with Crippen molar-refractivity contribution in [3.05, 3.63) is 30.3 Å². The van der Waals surface area contributed by atoms with Gasteiger partial charge < -0.3 is 10.4 Å². The summed E-state index contributed by atoms with van der Waals surface area (Å²) >= 11 is 0. The molecule has 0 unspecified atom stereocenters. The lowest BCUT2D eigenvalue weighted by Crippen LogP contribution is -2.27. The third-order valence-electron chi connectivity index (χ3n) is 3.16. The predicted octanol–water partition coefficient (Wildman–Crippen LogP) is 2.59. The Morgan fingerprint density at radius 2 is 2.11 bits per heavy atom. The second kappa shape index (κ2) is 5.93. The number of halogens is 1. The minimum Gasteiger partial charge on any atom is -0.396 e. The van der Waals surface area contributed by atoms with Gasteiger partial charge in [0.15, 0.2) is 0 Å². The highest BCUT2D eigenvalue weighted by Crippen LogP contribution is 2.22. The van der Waals surface area contributed by atoms with Crippen molar-refractivity contribution >= 4 is 16.7 Å². The Morgan fingerprint density at radius 3 is 2.79 bits per heavy atom. The first-order valence-electron chi connectivity index (χ1n) is 6.39. The van der Waals surface area contributed by atoms with Crippen LogP contribution in [0.1, 0.15) is 20.3 Å². The van der Waals surface area contributed by atoms with E-state index in [0.717, 1.165) is 0 Å². The third-order valence-corrected chi connectivity index (χ3v) is 3.16. The van der Waals surface area contributed by atoms with Crippen LogP contribution in [0.25, 0.3) is 10.9 Å². The fraction of sp³-hybridized carbons (Fsp3) is 0.429. The lowest BCUT2D eigenvalue weighted by atomic mass is 10.0. The summed E-state index contributed by atoms with van der Waals surface area (Å²) in [7, 11) is 0. The molecule has 0 aliphatic heterocycles. The summed E-state index contributed by atoms with van der Waals surface area (Å²) in [4.78, 5) is 8.30. The van der Waals surface area contributed by atoms with E-state index in [9.17, 15) is 4.39 Å². The van der Waals surface area contributed by atoms with Crippen LogP contribution in [0.3, 0.4) is 0 Å². The summed E-state index contributed by atoms with van der Waals surface area (Å²) in [6.45, 7) is 4.24. The van der Waals surface area contributed by atoms with E-state index in [1.165, 1.54) is 18.5 Å². The second-order valence-corrected chi connectivity index (χ2v) is 4.89. The monoisotopic (exact) mass is 263 g/mol. The minimum absolute atomic E-state index is 0.0892. The highest BCUT2D eigenvalue weighted by Gasteiger charge is 2.15. The van der Waals surface area contributed by atoms with Gasteiger partial charge in [-0.1, -0.05) is 13.8 Å². The Bertz CT molecular complexity index is 559.